The highest BCUT2D eigenvalue weighted by Gasteiger charge is 2.21. The van der Waals surface area contributed by atoms with Crippen LogP contribution in [0.2, 0.25) is 0 Å². The first-order valence-corrected chi connectivity index (χ1v) is 12.5. The van der Waals surface area contributed by atoms with E-state index in [-0.39, 0.29) is 18.1 Å². The van der Waals surface area contributed by atoms with Gasteiger partial charge in [-0.3, -0.25) is 4.79 Å². The second-order valence-corrected chi connectivity index (χ2v) is 9.85. The molecule has 0 bridgehead atoms. The third-order valence-electron chi connectivity index (χ3n) is 6.64. The number of rotatable bonds is 10. The number of carbonyl (C=O) groups excluding carboxylic acids is 1. The van der Waals surface area contributed by atoms with Crippen molar-refractivity contribution in [2.75, 3.05) is 19.8 Å². The molecule has 0 unspecified atom stereocenters. The summed E-state index contributed by atoms with van der Waals surface area (Å²) in [5.41, 5.74) is 4.81. The number of hydrogen-bond donors (Lipinski definition) is 2. The molecule has 33 heavy (non-hydrogen) atoms. The number of hydrogen-bond acceptors (Lipinski definition) is 4. The van der Waals surface area contributed by atoms with E-state index < -0.39 is 0 Å². The Bertz CT molecular complexity index is 904. The van der Waals surface area contributed by atoms with Gasteiger partial charge in [0, 0.05) is 24.8 Å². The summed E-state index contributed by atoms with van der Waals surface area (Å²) in [4.78, 5) is 12.8. The second-order valence-electron chi connectivity index (χ2n) is 9.85. The highest BCUT2D eigenvalue weighted by atomic mass is 16.5. The number of amides is 1. The molecule has 2 aliphatic rings. The van der Waals surface area contributed by atoms with Crippen LogP contribution in [0.3, 0.4) is 0 Å². The van der Waals surface area contributed by atoms with Crippen molar-refractivity contribution in [3.05, 3.63) is 64.7 Å². The largest absolute Gasteiger partial charge is 0.491 e. The zero-order chi connectivity index (χ0) is 23.0. The van der Waals surface area contributed by atoms with Crippen LogP contribution in [-0.2, 0) is 24.1 Å². The molecule has 4 rings (SSSR count). The monoisotopic (exact) mass is 450 g/mol. The molecule has 1 amide bonds. The average molecular weight is 451 g/mol. The van der Waals surface area contributed by atoms with Gasteiger partial charge >= 0.3 is 0 Å². The van der Waals surface area contributed by atoms with E-state index in [0.717, 1.165) is 63.5 Å². The molecule has 1 saturated heterocycles. The van der Waals surface area contributed by atoms with E-state index in [2.05, 4.69) is 42.7 Å². The zero-order valence-electron chi connectivity index (χ0n) is 20.1. The average Bonchev–Trinajstić information content (AvgIpc) is 3.34. The second kappa shape index (κ2) is 11.7. The Balaban J connectivity index is 1.24. The SMILES string of the molecule is CC(C)CCNCc1ccc2c(c1)CC[C@H](NC(=O)c1ccc(OC[C@@H]3CCCO3)cc1)C2. The maximum absolute atomic E-state index is 12.8. The number of fused-ring (bicyclic) bond motifs is 1. The highest BCUT2D eigenvalue weighted by Crippen LogP contribution is 2.23. The molecule has 1 aliphatic heterocycles. The quantitative estimate of drug-likeness (QED) is 0.517. The molecule has 5 heteroatoms. The molecule has 0 aromatic heterocycles. The van der Waals surface area contributed by atoms with Gasteiger partial charge in [-0.2, -0.15) is 0 Å². The molecular weight excluding hydrogens is 412 g/mol. The Morgan fingerprint density at radius 3 is 2.73 bits per heavy atom. The van der Waals surface area contributed by atoms with E-state index in [4.69, 9.17) is 9.47 Å². The Labute approximate surface area is 198 Å². The lowest BCUT2D eigenvalue weighted by Crippen LogP contribution is -2.38. The summed E-state index contributed by atoms with van der Waals surface area (Å²) >= 11 is 0. The van der Waals surface area contributed by atoms with Crippen LogP contribution >= 0.6 is 0 Å². The normalized spacial score (nSPS) is 20.0. The van der Waals surface area contributed by atoms with Crippen molar-refractivity contribution >= 4 is 5.91 Å². The van der Waals surface area contributed by atoms with E-state index >= 15 is 0 Å². The standard InChI is InChI=1S/C28H38N2O3/c1-20(2)13-14-29-18-21-5-6-24-17-25(10-7-23(24)16-21)30-28(31)22-8-11-26(12-9-22)33-19-27-4-3-15-32-27/h5-6,8-9,11-12,16,20,25,27,29H,3-4,7,10,13-15,17-19H2,1-2H3,(H,30,31)/t25-,27-/m0/s1. The third kappa shape index (κ3) is 7.05. The van der Waals surface area contributed by atoms with Gasteiger partial charge in [0.25, 0.3) is 5.91 Å². The molecule has 0 saturated carbocycles. The van der Waals surface area contributed by atoms with Crippen molar-refractivity contribution in [1.29, 1.82) is 0 Å². The first-order valence-electron chi connectivity index (χ1n) is 12.5. The van der Waals surface area contributed by atoms with E-state index in [1.807, 2.05) is 24.3 Å². The van der Waals surface area contributed by atoms with E-state index in [1.165, 1.54) is 23.1 Å². The van der Waals surface area contributed by atoms with Crippen LogP contribution in [-0.4, -0.2) is 37.8 Å². The topological polar surface area (TPSA) is 59.6 Å². The molecule has 0 radical (unpaired) electrons. The molecule has 2 N–H and O–H groups in total. The smallest absolute Gasteiger partial charge is 0.251 e. The van der Waals surface area contributed by atoms with Gasteiger partial charge in [0.15, 0.2) is 0 Å². The summed E-state index contributed by atoms with van der Waals surface area (Å²) in [6, 6.07) is 14.4. The fourth-order valence-electron chi connectivity index (χ4n) is 4.60. The van der Waals surface area contributed by atoms with Crippen LogP contribution in [0.15, 0.2) is 42.5 Å². The van der Waals surface area contributed by atoms with Crippen LogP contribution in [0.5, 0.6) is 5.75 Å². The van der Waals surface area contributed by atoms with E-state index in [0.29, 0.717) is 12.2 Å². The summed E-state index contributed by atoms with van der Waals surface area (Å²) in [5, 5.41) is 6.77. The molecule has 0 spiro atoms. The third-order valence-corrected chi connectivity index (χ3v) is 6.64. The zero-order valence-corrected chi connectivity index (χ0v) is 20.1. The van der Waals surface area contributed by atoms with Gasteiger partial charge in [-0.15, -0.1) is 0 Å². The van der Waals surface area contributed by atoms with Crippen molar-refractivity contribution in [2.24, 2.45) is 5.92 Å². The number of nitrogens with one attached hydrogen (secondary N) is 2. The predicted molar refractivity (Wildman–Crippen MR) is 132 cm³/mol. The lowest BCUT2D eigenvalue weighted by Gasteiger charge is -2.26. The summed E-state index contributed by atoms with van der Waals surface area (Å²) in [7, 11) is 0. The van der Waals surface area contributed by atoms with Gasteiger partial charge in [-0.1, -0.05) is 32.0 Å². The molecule has 5 nitrogen and oxygen atoms in total. The Hall–Kier alpha value is -2.37. The van der Waals surface area contributed by atoms with Gasteiger partial charge in [-0.05, 0) is 91.9 Å². The number of aryl methyl sites for hydroxylation is 1. The first kappa shape index (κ1) is 23.8. The minimum atomic E-state index is -0.0138. The maximum Gasteiger partial charge on any atom is 0.251 e. The molecule has 2 aromatic carbocycles. The van der Waals surface area contributed by atoms with Crippen molar-refractivity contribution in [3.8, 4) is 5.75 Å². The van der Waals surface area contributed by atoms with Crippen LogP contribution < -0.4 is 15.4 Å². The number of ether oxygens (including phenoxy) is 2. The number of benzene rings is 2. The maximum atomic E-state index is 12.8. The molecule has 2 atom stereocenters. The van der Waals surface area contributed by atoms with Crippen molar-refractivity contribution < 1.29 is 14.3 Å². The molecule has 1 aliphatic carbocycles. The van der Waals surface area contributed by atoms with Gasteiger partial charge in [-0.25, -0.2) is 0 Å². The lowest BCUT2D eigenvalue weighted by atomic mass is 9.87. The summed E-state index contributed by atoms with van der Waals surface area (Å²) in [6.45, 7) is 7.90. The van der Waals surface area contributed by atoms with Crippen LogP contribution in [0, 0.1) is 5.92 Å². The van der Waals surface area contributed by atoms with Crippen molar-refractivity contribution in [3.63, 3.8) is 0 Å². The molecule has 1 fully saturated rings. The summed E-state index contributed by atoms with van der Waals surface area (Å²) in [5.74, 6) is 1.50. The molecule has 178 valence electrons. The fourth-order valence-corrected chi connectivity index (χ4v) is 4.60. The van der Waals surface area contributed by atoms with Crippen molar-refractivity contribution in [1.82, 2.24) is 10.6 Å². The molecule has 2 aromatic rings. The van der Waals surface area contributed by atoms with Crippen LogP contribution in [0.4, 0.5) is 0 Å². The van der Waals surface area contributed by atoms with Gasteiger partial charge in [0.1, 0.15) is 12.4 Å². The highest BCUT2D eigenvalue weighted by molar-refractivity contribution is 5.94. The van der Waals surface area contributed by atoms with Crippen molar-refractivity contribution in [2.45, 2.75) is 71.1 Å². The van der Waals surface area contributed by atoms with E-state index in [1.54, 1.807) is 0 Å². The molecular formula is C28H38N2O3. The Morgan fingerprint density at radius 1 is 1.12 bits per heavy atom. The van der Waals surface area contributed by atoms with Gasteiger partial charge < -0.3 is 20.1 Å². The predicted octanol–water partition coefficient (Wildman–Crippen LogP) is 4.67. The minimum absolute atomic E-state index is 0.0138. The summed E-state index contributed by atoms with van der Waals surface area (Å²) < 4.78 is 11.4. The fraction of sp³-hybridized carbons (Fsp3) is 0.536. The molecule has 1 heterocycles. The minimum Gasteiger partial charge on any atom is -0.491 e. The van der Waals surface area contributed by atoms with Crippen LogP contribution in [0.1, 0.15) is 66.6 Å². The summed E-state index contributed by atoms with van der Waals surface area (Å²) in [6.07, 6.45) is 6.44. The van der Waals surface area contributed by atoms with Gasteiger partial charge in [0.2, 0.25) is 0 Å². The Kier molecular flexibility index (Phi) is 8.40. The van der Waals surface area contributed by atoms with Gasteiger partial charge in [0.05, 0.1) is 6.10 Å². The first-order chi connectivity index (χ1) is 16.1. The number of carbonyl (C=O) groups is 1. The van der Waals surface area contributed by atoms with Crippen LogP contribution in [0.25, 0.3) is 0 Å². The lowest BCUT2D eigenvalue weighted by molar-refractivity contribution is 0.0679. The Morgan fingerprint density at radius 2 is 1.97 bits per heavy atom. The van der Waals surface area contributed by atoms with E-state index in [9.17, 15) is 4.79 Å².